The predicted molar refractivity (Wildman–Crippen MR) is 131 cm³/mol. The lowest BCUT2D eigenvalue weighted by Crippen LogP contribution is -2.46. The number of para-hydroxylation sites is 1. The lowest BCUT2D eigenvalue weighted by molar-refractivity contribution is -0.142. The monoisotopic (exact) mass is 456 g/mol. The molecule has 3 aromatic rings. The summed E-state index contributed by atoms with van der Waals surface area (Å²) < 4.78 is 0. The Bertz CT molecular complexity index is 1280. The first-order chi connectivity index (χ1) is 16.4. The predicted octanol–water partition coefficient (Wildman–Crippen LogP) is 5.32. The molecule has 0 radical (unpaired) electrons. The third kappa shape index (κ3) is 3.24. The van der Waals surface area contributed by atoms with Crippen molar-refractivity contribution in [1.82, 2.24) is 0 Å². The molecule has 1 heterocycles. The Morgan fingerprint density at radius 2 is 1.53 bits per heavy atom. The van der Waals surface area contributed by atoms with E-state index in [0.29, 0.717) is 34.7 Å². The van der Waals surface area contributed by atoms with Crippen LogP contribution >= 0.6 is 0 Å². The largest absolute Gasteiger partial charge is 0.281 e. The Hall–Kier alpha value is -3.51. The maximum absolute atomic E-state index is 13.9. The summed E-state index contributed by atoms with van der Waals surface area (Å²) in [6, 6.07) is 18.3. The van der Waals surface area contributed by atoms with Gasteiger partial charge in [0.05, 0.1) is 16.8 Å². The van der Waals surface area contributed by atoms with Gasteiger partial charge in [0.25, 0.3) is 5.91 Å². The topological polar surface area (TPSA) is 77.9 Å². The molecule has 3 aromatic carbocycles. The Labute approximate surface area is 198 Å². The van der Waals surface area contributed by atoms with Crippen LogP contribution in [-0.4, -0.2) is 22.9 Å². The van der Waals surface area contributed by atoms with Gasteiger partial charge in [-0.25, -0.2) is 4.90 Å². The number of hydrogen-bond acceptors (Lipinski definition) is 4. The molecule has 1 spiro atoms. The van der Waals surface area contributed by atoms with Gasteiger partial charge in [0.1, 0.15) is 5.92 Å². The molecular formula is C28H28N2O4. The fraction of sp³-hybridized carbons (Fsp3) is 0.321. The normalized spacial score (nSPS) is 19.7. The second-order valence-electron chi connectivity index (χ2n) is 9.52. The highest BCUT2D eigenvalue weighted by Crippen LogP contribution is 2.51. The van der Waals surface area contributed by atoms with Crippen LogP contribution in [0.3, 0.4) is 0 Å². The van der Waals surface area contributed by atoms with E-state index in [4.69, 9.17) is 0 Å². The van der Waals surface area contributed by atoms with Gasteiger partial charge in [0.15, 0.2) is 0 Å². The Morgan fingerprint density at radius 1 is 0.912 bits per heavy atom. The van der Waals surface area contributed by atoms with E-state index < -0.39 is 23.1 Å². The summed E-state index contributed by atoms with van der Waals surface area (Å²) in [5.41, 5.74) is 1.32. The Kier molecular flexibility index (Phi) is 5.48. The van der Waals surface area contributed by atoms with Gasteiger partial charge < -0.3 is 0 Å². The molecule has 34 heavy (non-hydrogen) atoms. The quantitative estimate of drug-likeness (QED) is 0.250. The number of aryl methyl sites for hydroxylation is 2. The van der Waals surface area contributed by atoms with Crippen LogP contribution in [0.1, 0.15) is 43.2 Å². The van der Waals surface area contributed by atoms with Crippen LogP contribution in [-0.2, 0) is 14.4 Å². The van der Waals surface area contributed by atoms with Crippen LogP contribution in [0, 0.1) is 25.2 Å². The van der Waals surface area contributed by atoms with Crippen molar-refractivity contribution in [2.24, 2.45) is 11.3 Å². The number of benzene rings is 3. The van der Waals surface area contributed by atoms with E-state index in [-0.39, 0.29) is 5.91 Å². The minimum absolute atomic E-state index is 0.305. The summed E-state index contributed by atoms with van der Waals surface area (Å²) in [7, 11) is 0. The van der Waals surface area contributed by atoms with Gasteiger partial charge in [-0.1, -0.05) is 73.9 Å². The molecule has 1 saturated heterocycles. The first-order valence-corrected chi connectivity index (χ1v) is 11.8. The maximum atomic E-state index is 13.9. The summed E-state index contributed by atoms with van der Waals surface area (Å²) >= 11 is 0. The summed E-state index contributed by atoms with van der Waals surface area (Å²) in [6.45, 7) is 3.72. The number of nitrogens with zero attached hydrogens (tertiary/aromatic N) is 2. The molecule has 174 valence electrons. The molecule has 5 rings (SSSR count). The Morgan fingerprint density at radius 3 is 2.24 bits per heavy atom. The number of carbonyl (C=O) groups is 3. The van der Waals surface area contributed by atoms with Crippen LogP contribution in [0.15, 0.2) is 60.7 Å². The van der Waals surface area contributed by atoms with Crippen molar-refractivity contribution in [1.29, 1.82) is 0 Å². The molecule has 1 aliphatic carbocycles. The van der Waals surface area contributed by atoms with Crippen molar-refractivity contribution in [2.45, 2.75) is 46.0 Å². The highest BCUT2D eigenvalue weighted by atomic mass is 16.5. The fourth-order valence-corrected chi connectivity index (χ4v) is 5.84. The van der Waals surface area contributed by atoms with Crippen molar-refractivity contribution in [3.05, 3.63) is 71.8 Å². The summed E-state index contributed by atoms with van der Waals surface area (Å²) in [6.07, 6.45) is 3.41. The number of hydroxylamine groups is 1. The number of imide groups is 1. The van der Waals surface area contributed by atoms with Gasteiger partial charge in [0.2, 0.25) is 11.8 Å². The average molecular weight is 457 g/mol. The molecule has 1 aliphatic heterocycles. The van der Waals surface area contributed by atoms with E-state index in [0.717, 1.165) is 35.8 Å². The van der Waals surface area contributed by atoms with Gasteiger partial charge in [-0.05, 0) is 49.3 Å². The van der Waals surface area contributed by atoms with Crippen molar-refractivity contribution < 1.29 is 19.6 Å². The van der Waals surface area contributed by atoms with E-state index in [1.54, 1.807) is 12.1 Å². The van der Waals surface area contributed by atoms with Crippen LogP contribution in [0.4, 0.5) is 11.4 Å². The minimum Gasteiger partial charge on any atom is -0.281 e. The molecule has 2 fully saturated rings. The average Bonchev–Trinajstić information content (AvgIpc) is 3.04. The molecule has 6 nitrogen and oxygen atoms in total. The summed E-state index contributed by atoms with van der Waals surface area (Å²) in [5, 5.41) is 13.3. The van der Waals surface area contributed by atoms with E-state index in [1.807, 2.05) is 62.4 Å². The Balaban J connectivity index is 1.62. The van der Waals surface area contributed by atoms with E-state index in [2.05, 4.69) is 0 Å². The van der Waals surface area contributed by atoms with E-state index in [9.17, 15) is 19.6 Å². The van der Waals surface area contributed by atoms with Crippen molar-refractivity contribution in [3.8, 4) is 0 Å². The molecule has 1 unspecified atom stereocenters. The molecule has 6 heteroatoms. The van der Waals surface area contributed by atoms with Gasteiger partial charge in [-0.3, -0.25) is 19.6 Å². The van der Waals surface area contributed by atoms with Crippen molar-refractivity contribution in [2.75, 3.05) is 9.96 Å². The number of hydrogen-bond donors (Lipinski definition) is 1. The first kappa shape index (κ1) is 22.3. The molecular weight excluding hydrogens is 428 g/mol. The highest BCUT2D eigenvalue weighted by Gasteiger charge is 2.63. The zero-order valence-electron chi connectivity index (χ0n) is 19.5. The highest BCUT2D eigenvalue weighted by molar-refractivity contribution is 6.31. The first-order valence-electron chi connectivity index (χ1n) is 11.8. The standard InChI is InChI=1S/C28H28N2O4/c1-18-10-8-11-19(2)24(18)29-25(31)23(28(27(29)33)16-6-3-7-17-28)26(32)30(34)22-15-9-13-20-12-4-5-14-21(20)22/h4-5,8-15,23,34H,3,6-7,16-17H2,1-2H3. The number of fused-ring (bicyclic) bond motifs is 1. The van der Waals surface area contributed by atoms with E-state index >= 15 is 0 Å². The minimum atomic E-state index is -1.26. The van der Waals surface area contributed by atoms with Gasteiger partial charge in [0, 0.05) is 5.39 Å². The molecule has 1 N–H and O–H groups in total. The van der Waals surface area contributed by atoms with E-state index in [1.165, 1.54) is 4.90 Å². The van der Waals surface area contributed by atoms with Crippen LogP contribution in [0.2, 0.25) is 0 Å². The molecule has 0 aromatic heterocycles. The van der Waals surface area contributed by atoms with Crippen LogP contribution in [0.25, 0.3) is 10.8 Å². The third-order valence-corrected chi connectivity index (χ3v) is 7.51. The molecule has 2 aliphatic rings. The zero-order chi connectivity index (χ0) is 24.0. The molecule has 1 saturated carbocycles. The lowest BCUT2D eigenvalue weighted by atomic mass is 9.66. The van der Waals surface area contributed by atoms with Crippen molar-refractivity contribution in [3.63, 3.8) is 0 Å². The van der Waals surface area contributed by atoms with Gasteiger partial charge >= 0.3 is 0 Å². The second kappa shape index (κ2) is 8.37. The lowest BCUT2D eigenvalue weighted by Gasteiger charge is -2.35. The van der Waals surface area contributed by atoms with Crippen molar-refractivity contribution >= 4 is 39.9 Å². The number of rotatable bonds is 3. The number of amides is 3. The maximum Gasteiger partial charge on any atom is 0.264 e. The molecule has 1 atom stereocenters. The second-order valence-corrected chi connectivity index (χ2v) is 9.52. The van der Waals surface area contributed by atoms with Gasteiger partial charge in [-0.2, -0.15) is 5.06 Å². The molecule has 3 amide bonds. The summed E-state index contributed by atoms with van der Waals surface area (Å²) in [5.74, 6) is -2.87. The summed E-state index contributed by atoms with van der Waals surface area (Å²) in [4.78, 5) is 42.9. The SMILES string of the molecule is Cc1cccc(C)c1N1C(=O)C(C(=O)N(O)c2cccc3ccccc23)C2(CCCCC2)C1=O. The van der Waals surface area contributed by atoms with Crippen LogP contribution < -0.4 is 9.96 Å². The number of anilines is 2. The van der Waals surface area contributed by atoms with Gasteiger partial charge in [-0.15, -0.1) is 0 Å². The fourth-order valence-electron chi connectivity index (χ4n) is 5.84. The number of carbonyl (C=O) groups excluding carboxylic acids is 3. The van der Waals surface area contributed by atoms with Crippen LogP contribution in [0.5, 0.6) is 0 Å². The smallest absolute Gasteiger partial charge is 0.264 e. The molecule has 0 bridgehead atoms. The third-order valence-electron chi connectivity index (χ3n) is 7.51. The zero-order valence-corrected chi connectivity index (χ0v) is 19.5.